The van der Waals surface area contributed by atoms with Gasteiger partial charge in [0.25, 0.3) is 0 Å². The van der Waals surface area contributed by atoms with Gasteiger partial charge in [-0.2, -0.15) is 18.2 Å². The maximum atomic E-state index is 10.0. The number of allylic oxidation sites excluding steroid dienone is 2. The minimum absolute atomic E-state index is 0. The van der Waals surface area contributed by atoms with E-state index in [1.807, 2.05) is 0 Å². The molecular weight excluding hydrogens is 699 g/mol. The van der Waals surface area contributed by atoms with Crippen LogP contribution in [0.3, 0.4) is 0 Å². The Bertz CT molecular complexity index is 2090. The second-order valence-electron chi connectivity index (χ2n) is 10.2. The van der Waals surface area contributed by atoms with Gasteiger partial charge in [-0.1, -0.05) is 72.4 Å². The summed E-state index contributed by atoms with van der Waals surface area (Å²) in [5.74, 6) is -0.0625. The zero-order valence-corrected chi connectivity index (χ0v) is 25.5. The average Bonchev–Trinajstić information content (AvgIpc) is 3.65. The van der Waals surface area contributed by atoms with E-state index in [-0.39, 0.29) is 31.6 Å². The molecule has 1 aliphatic heterocycles. The molecule has 2 aromatic heterocycles. The SMILES string of the molecule is CC(=O)/C=C(/C)O.[Ir].[c-]1ccc2c3cccc4c5ccccc5n(c2c1N1[CH-]N(c2ccccc2)c2ccccc21)c43. The van der Waals surface area contributed by atoms with E-state index in [4.69, 9.17) is 5.11 Å². The van der Waals surface area contributed by atoms with Gasteiger partial charge >= 0.3 is 0 Å². The van der Waals surface area contributed by atoms with Crippen LogP contribution in [0.5, 0.6) is 0 Å². The van der Waals surface area contributed by atoms with E-state index < -0.39 is 0 Å². The van der Waals surface area contributed by atoms with E-state index in [2.05, 4.69) is 136 Å². The van der Waals surface area contributed by atoms with Gasteiger partial charge in [0.15, 0.2) is 5.78 Å². The molecule has 0 saturated heterocycles. The first-order valence-electron chi connectivity index (χ1n) is 13.6. The van der Waals surface area contributed by atoms with Crippen molar-refractivity contribution in [2.24, 2.45) is 0 Å². The summed E-state index contributed by atoms with van der Waals surface area (Å²) < 4.78 is 2.43. The number of nitrogens with zero attached hydrogens (tertiary/aromatic N) is 3. The van der Waals surface area contributed by atoms with Gasteiger partial charge < -0.3 is 19.3 Å². The Kier molecular flexibility index (Phi) is 7.19. The second-order valence-corrected chi connectivity index (χ2v) is 10.2. The van der Waals surface area contributed by atoms with Crippen LogP contribution in [0.4, 0.5) is 22.7 Å². The van der Waals surface area contributed by atoms with E-state index in [0.717, 1.165) is 22.7 Å². The molecule has 6 heteroatoms. The monoisotopic (exact) mass is 726 g/mol. The number of anilines is 4. The fourth-order valence-electron chi connectivity index (χ4n) is 5.95. The minimum atomic E-state index is -0.125. The molecule has 0 bridgehead atoms. The van der Waals surface area contributed by atoms with Gasteiger partial charge in [-0.25, -0.2) is 0 Å². The summed E-state index contributed by atoms with van der Waals surface area (Å²) in [5, 5.41) is 13.5. The Morgan fingerprint density at radius 2 is 1.31 bits per heavy atom. The van der Waals surface area contributed by atoms with Crippen molar-refractivity contribution in [1.29, 1.82) is 0 Å². The van der Waals surface area contributed by atoms with Crippen LogP contribution in [0.2, 0.25) is 0 Å². The molecule has 0 unspecified atom stereocenters. The Hall–Kier alpha value is -4.64. The van der Waals surface area contributed by atoms with Crippen LogP contribution in [-0.2, 0) is 24.9 Å². The van der Waals surface area contributed by atoms with Crippen LogP contribution in [0, 0.1) is 12.7 Å². The first kappa shape index (κ1) is 27.5. The smallest absolute Gasteiger partial charge is 0.155 e. The fraction of sp³-hybridized carbons (Fsp3) is 0.0556. The third-order valence-electron chi connectivity index (χ3n) is 7.48. The first-order chi connectivity index (χ1) is 20.0. The molecule has 0 amide bonds. The van der Waals surface area contributed by atoms with E-state index in [9.17, 15) is 4.79 Å². The molecule has 5 nitrogen and oxygen atoms in total. The van der Waals surface area contributed by atoms with Gasteiger partial charge in [0.1, 0.15) is 0 Å². The van der Waals surface area contributed by atoms with E-state index in [0.29, 0.717) is 0 Å². The summed E-state index contributed by atoms with van der Waals surface area (Å²) >= 11 is 0. The number of benzene rings is 5. The Balaban J connectivity index is 0.000000356. The van der Waals surface area contributed by atoms with Gasteiger partial charge in [0.05, 0.1) is 5.76 Å². The number of aliphatic hydroxyl groups excluding tert-OH is 1. The van der Waals surface area contributed by atoms with Gasteiger partial charge in [-0.05, 0) is 55.1 Å². The van der Waals surface area contributed by atoms with Crippen molar-refractivity contribution in [2.45, 2.75) is 13.8 Å². The molecule has 42 heavy (non-hydrogen) atoms. The van der Waals surface area contributed by atoms with Crippen LogP contribution in [0.25, 0.3) is 38.1 Å². The third-order valence-corrected chi connectivity index (χ3v) is 7.48. The molecule has 0 aliphatic carbocycles. The number of aromatic nitrogens is 1. The van der Waals surface area contributed by atoms with E-state index >= 15 is 0 Å². The van der Waals surface area contributed by atoms with Crippen LogP contribution in [0.15, 0.2) is 121 Å². The van der Waals surface area contributed by atoms with Crippen molar-refractivity contribution < 1.29 is 30.0 Å². The maximum Gasteiger partial charge on any atom is 0.155 e. The molecule has 0 spiro atoms. The van der Waals surface area contributed by atoms with Crippen LogP contribution < -0.4 is 9.80 Å². The first-order valence-corrected chi connectivity index (χ1v) is 13.6. The number of ketones is 1. The molecule has 7 aromatic rings. The minimum Gasteiger partial charge on any atom is -0.512 e. The molecule has 3 heterocycles. The van der Waals surface area contributed by atoms with Crippen LogP contribution in [-0.4, -0.2) is 15.3 Å². The Labute approximate surface area is 257 Å². The maximum absolute atomic E-state index is 10.0. The van der Waals surface area contributed by atoms with Crippen molar-refractivity contribution in [3.8, 4) is 0 Å². The number of rotatable bonds is 3. The summed E-state index contributed by atoms with van der Waals surface area (Å²) in [4.78, 5) is 14.6. The number of hydrogen-bond acceptors (Lipinski definition) is 4. The summed E-state index contributed by atoms with van der Waals surface area (Å²) in [5.41, 5.74) is 8.22. The number of hydrogen-bond donors (Lipinski definition) is 1. The van der Waals surface area contributed by atoms with Crippen molar-refractivity contribution in [2.75, 3.05) is 9.80 Å². The summed E-state index contributed by atoms with van der Waals surface area (Å²) in [6.07, 6.45) is 1.17. The predicted octanol–water partition coefficient (Wildman–Crippen LogP) is 9.08. The van der Waals surface area contributed by atoms with Crippen molar-refractivity contribution in [3.05, 3.63) is 134 Å². The van der Waals surface area contributed by atoms with Gasteiger partial charge in [0, 0.05) is 65.0 Å². The molecule has 1 radical (unpaired) electrons. The van der Waals surface area contributed by atoms with E-state index in [1.165, 1.54) is 58.0 Å². The van der Waals surface area contributed by atoms with Crippen molar-refractivity contribution in [3.63, 3.8) is 0 Å². The molecule has 1 aliphatic rings. The second kappa shape index (κ2) is 11.0. The Morgan fingerprint density at radius 1 is 0.714 bits per heavy atom. The topological polar surface area (TPSA) is 48.2 Å². The van der Waals surface area contributed by atoms with Crippen molar-refractivity contribution in [1.82, 2.24) is 4.40 Å². The molecule has 0 atom stereocenters. The predicted molar refractivity (Wildman–Crippen MR) is 168 cm³/mol. The molecule has 0 fully saturated rings. The summed E-state index contributed by atoms with van der Waals surface area (Å²) in [6, 6.07) is 42.3. The normalized spacial score (nSPS) is 13.0. The quantitative estimate of drug-likeness (QED) is 0.112. The standard InChI is InChI=1S/C31H19N3.C5H8O2.Ir/c1-2-10-21(11-3-1)32-20-33(28-18-7-6-17-27(28)32)29-19-9-15-25-24-14-8-13-23-22-12-4-5-16-26(22)34(30(23)24)31(25)29;1-4(6)3-5(2)7;/h1-18,20H;3,6H,1-2H3;/q-2;;/b;4-3-;. The number of para-hydroxylation sites is 5. The van der Waals surface area contributed by atoms with Gasteiger partial charge in [0.2, 0.25) is 0 Å². The zero-order valence-electron chi connectivity index (χ0n) is 23.1. The van der Waals surface area contributed by atoms with Crippen LogP contribution in [0.1, 0.15) is 13.8 Å². The third kappa shape index (κ3) is 4.40. The number of aliphatic hydroxyl groups is 1. The molecule has 1 N–H and O–H groups in total. The Morgan fingerprint density at radius 3 is 2.00 bits per heavy atom. The summed E-state index contributed by atoms with van der Waals surface area (Å²) in [6.45, 7) is 5.04. The molecule has 5 aromatic carbocycles. The fourth-order valence-corrected chi connectivity index (χ4v) is 5.95. The zero-order chi connectivity index (χ0) is 28.1. The number of carbonyl (C=O) groups is 1. The molecule has 8 rings (SSSR count). The van der Waals surface area contributed by atoms with E-state index in [1.54, 1.807) is 0 Å². The molecular formula is C36H27IrN3O2-2. The van der Waals surface area contributed by atoms with Gasteiger partial charge in [-0.3, -0.25) is 4.79 Å². The number of carbonyl (C=O) groups excluding carboxylic acids is 1. The van der Waals surface area contributed by atoms with Gasteiger partial charge in [-0.15, -0.1) is 12.1 Å². The number of fused-ring (bicyclic) bond motifs is 7. The largest absolute Gasteiger partial charge is 0.512 e. The average molecular weight is 726 g/mol. The summed E-state index contributed by atoms with van der Waals surface area (Å²) in [7, 11) is 0. The molecule has 209 valence electrons. The van der Waals surface area contributed by atoms with Crippen LogP contribution >= 0.6 is 0 Å². The molecule has 0 saturated carbocycles. The van der Waals surface area contributed by atoms with Crippen molar-refractivity contribution >= 4 is 66.6 Å².